The number of amides is 1. The van der Waals surface area contributed by atoms with Gasteiger partial charge in [-0.3, -0.25) is 4.79 Å². The van der Waals surface area contributed by atoms with Crippen LogP contribution in [0.2, 0.25) is 5.02 Å². The van der Waals surface area contributed by atoms with Gasteiger partial charge in [0.2, 0.25) is 12.0 Å². The Morgan fingerprint density at radius 2 is 2.11 bits per heavy atom. The van der Waals surface area contributed by atoms with Gasteiger partial charge in [-0.2, -0.15) is 9.78 Å². The molecule has 1 amide bonds. The van der Waals surface area contributed by atoms with Crippen molar-refractivity contribution in [2.75, 3.05) is 11.9 Å². The molecule has 1 aliphatic carbocycles. The Kier molecular flexibility index (Phi) is 7.06. The molecule has 4 aromatic rings. The van der Waals surface area contributed by atoms with Crippen molar-refractivity contribution in [3.05, 3.63) is 59.3 Å². The average Bonchev–Trinajstić information content (AvgIpc) is 3.28. The minimum atomic E-state index is -0.960. The highest BCUT2D eigenvalue weighted by Crippen LogP contribution is 2.27. The lowest BCUT2D eigenvalue weighted by Gasteiger charge is -2.27. The van der Waals surface area contributed by atoms with Crippen molar-refractivity contribution < 1.29 is 14.3 Å². The van der Waals surface area contributed by atoms with E-state index in [1.54, 1.807) is 30.7 Å². The van der Waals surface area contributed by atoms with E-state index in [9.17, 15) is 4.79 Å². The summed E-state index contributed by atoms with van der Waals surface area (Å²) < 4.78 is 13.6. The van der Waals surface area contributed by atoms with E-state index in [-0.39, 0.29) is 24.5 Å². The Morgan fingerprint density at radius 3 is 2.86 bits per heavy atom. The van der Waals surface area contributed by atoms with Gasteiger partial charge in [-0.1, -0.05) is 18.5 Å². The van der Waals surface area contributed by atoms with Crippen LogP contribution in [0.1, 0.15) is 37.3 Å². The molecular formula is C25H26ClN7O3. The lowest BCUT2D eigenvalue weighted by atomic mass is 9.96. The van der Waals surface area contributed by atoms with Gasteiger partial charge in [-0.05, 0) is 61.9 Å². The first-order valence-corrected chi connectivity index (χ1v) is 12.3. The number of nitrogens with zero attached hydrogens (tertiary/aromatic N) is 6. The van der Waals surface area contributed by atoms with Gasteiger partial charge in [0.05, 0.1) is 23.9 Å². The summed E-state index contributed by atoms with van der Waals surface area (Å²) in [5, 5.41) is 8.18. The highest BCUT2D eigenvalue weighted by Gasteiger charge is 2.27. The standard InChI is InChI=1S/C25H26ClN7O3/c1-3-16-10-21(28-11-15(16)2)32-24(34)20(13-35-17-6-4-7-17)36-25-18-12-31-33(22(18)29-14-30-25)23-19(26)8-5-9-27-23/h5,8-12,14,17,20H,3-4,6-7,13H2,1-2H3,(H,28,32,34). The van der Waals surface area contributed by atoms with E-state index in [0.29, 0.717) is 27.7 Å². The molecule has 36 heavy (non-hydrogen) atoms. The molecule has 1 aliphatic rings. The molecule has 1 fully saturated rings. The van der Waals surface area contributed by atoms with Gasteiger partial charge >= 0.3 is 0 Å². The monoisotopic (exact) mass is 507 g/mol. The topological polar surface area (TPSA) is 117 Å². The molecule has 1 unspecified atom stereocenters. The molecule has 10 nitrogen and oxygen atoms in total. The highest BCUT2D eigenvalue weighted by molar-refractivity contribution is 6.32. The molecule has 0 radical (unpaired) electrons. The summed E-state index contributed by atoms with van der Waals surface area (Å²) in [4.78, 5) is 30.5. The van der Waals surface area contributed by atoms with E-state index in [1.807, 2.05) is 13.0 Å². The van der Waals surface area contributed by atoms with Gasteiger partial charge in [0, 0.05) is 12.4 Å². The van der Waals surface area contributed by atoms with Gasteiger partial charge in [0.15, 0.2) is 11.5 Å². The number of pyridine rings is 2. The molecule has 1 atom stereocenters. The number of halogens is 1. The fourth-order valence-electron chi connectivity index (χ4n) is 3.89. The second-order valence-electron chi connectivity index (χ2n) is 8.61. The Labute approximate surface area is 213 Å². The smallest absolute Gasteiger partial charge is 0.269 e. The number of rotatable bonds is 9. The summed E-state index contributed by atoms with van der Waals surface area (Å²) in [5.41, 5.74) is 2.64. The first kappa shape index (κ1) is 24.1. The first-order valence-electron chi connectivity index (χ1n) is 11.9. The van der Waals surface area contributed by atoms with E-state index in [0.717, 1.165) is 36.8 Å². The third-order valence-corrected chi connectivity index (χ3v) is 6.49. The average molecular weight is 508 g/mol. The van der Waals surface area contributed by atoms with Crippen molar-refractivity contribution in [1.29, 1.82) is 0 Å². The lowest BCUT2D eigenvalue weighted by Crippen LogP contribution is -2.39. The molecule has 0 spiro atoms. The molecule has 0 saturated heterocycles. The van der Waals surface area contributed by atoms with Crippen molar-refractivity contribution in [2.24, 2.45) is 0 Å². The zero-order chi connectivity index (χ0) is 25.1. The van der Waals surface area contributed by atoms with Crippen LogP contribution >= 0.6 is 11.6 Å². The fraction of sp³-hybridized carbons (Fsp3) is 0.360. The Morgan fingerprint density at radius 1 is 1.25 bits per heavy atom. The zero-order valence-electron chi connectivity index (χ0n) is 20.0. The predicted molar refractivity (Wildman–Crippen MR) is 134 cm³/mol. The molecule has 4 heterocycles. The fourth-order valence-corrected chi connectivity index (χ4v) is 4.09. The number of aryl methyl sites for hydroxylation is 2. The predicted octanol–water partition coefficient (Wildman–Crippen LogP) is 4.08. The van der Waals surface area contributed by atoms with Crippen molar-refractivity contribution in [3.63, 3.8) is 0 Å². The highest BCUT2D eigenvalue weighted by atomic mass is 35.5. The minimum absolute atomic E-state index is 0.0781. The Hall–Kier alpha value is -3.63. The van der Waals surface area contributed by atoms with Crippen molar-refractivity contribution in [3.8, 4) is 11.7 Å². The van der Waals surface area contributed by atoms with Crippen LogP contribution in [0.25, 0.3) is 16.9 Å². The summed E-state index contributed by atoms with van der Waals surface area (Å²) in [7, 11) is 0. The Bertz CT molecular complexity index is 1390. The number of carbonyl (C=O) groups excluding carboxylic acids is 1. The van der Waals surface area contributed by atoms with Crippen molar-refractivity contribution >= 4 is 34.4 Å². The van der Waals surface area contributed by atoms with Gasteiger partial charge in [-0.25, -0.2) is 19.9 Å². The van der Waals surface area contributed by atoms with Crippen LogP contribution in [-0.2, 0) is 16.0 Å². The molecule has 1 N–H and O–H groups in total. The molecule has 4 aromatic heterocycles. The summed E-state index contributed by atoms with van der Waals surface area (Å²) in [6.45, 7) is 4.13. The number of anilines is 1. The molecule has 0 aromatic carbocycles. The number of hydrogen-bond donors (Lipinski definition) is 1. The molecule has 11 heteroatoms. The van der Waals surface area contributed by atoms with E-state index in [4.69, 9.17) is 21.1 Å². The van der Waals surface area contributed by atoms with Crippen LogP contribution in [-0.4, -0.2) is 54.4 Å². The maximum atomic E-state index is 13.3. The summed E-state index contributed by atoms with van der Waals surface area (Å²) in [6, 6.07) is 5.33. The van der Waals surface area contributed by atoms with Crippen LogP contribution < -0.4 is 10.1 Å². The lowest BCUT2D eigenvalue weighted by molar-refractivity contribution is -0.128. The minimum Gasteiger partial charge on any atom is -0.461 e. The molecular weight excluding hydrogens is 482 g/mol. The number of nitrogens with one attached hydrogen (secondary N) is 1. The third-order valence-electron chi connectivity index (χ3n) is 6.20. The third kappa shape index (κ3) is 5.00. The van der Waals surface area contributed by atoms with Crippen LogP contribution in [0, 0.1) is 6.92 Å². The van der Waals surface area contributed by atoms with E-state index in [1.165, 1.54) is 11.0 Å². The van der Waals surface area contributed by atoms with Gasteiger partial charge < -0.3 is 14.8 Å². The number of carbonyl (C=O) groups is 1. The second-order valence-corrected chi connectivity index (χ2v) is 9.02. The van der Waals surface area contributed by atoms with Gasteiger partial charge in [0.25, 0.3) is 5.91 Å². The first-order chi connectivity index (χ1) is 17.5. The summed E-state index contributed by atoms with van der Waals surface area (Å²) in [5.74, 6) is 0.727. The number of fused-ring (bicyclic) bond motifs is 1. The van der Waals surface area contributed by atoms with Crippen LogP contribution in [0.15, 0.2) is 43.1 Å². The quantitative estimate of drug-likeness (QED) is 0.360. The van der Waals surface area contributed by atoms with Gasteiger partial charge in [0.1, 0.15) is 17.5 Å². The maximum Gasteiger partial charge on any atom is 0.269 e. The van der Waals surface area contributed by atoms with E-state index >= 15 is 0 Å². The van der Waals surface area contributed by atoms with Crippen LogP contribution in [0.3, 0.4) is 0 Å². The summed E-state index contributed by atoms with van der Waals surface area (Å²) >= 11 is 6.31. The molecule has 0 bridgehead atoms. The van der Waals surface area contributed by atoms with Crippen LogP contribution in [0.4, 0.5) is 5.82 Å². The van der Waals surface area contributed by atoms with Gasteiger partial charge in [-0.15, -0.1) is 0 Å². The molecule has 186 valence electrons. The molecule has 5 rings (SSSR count). The molecule has 0 aliphatic heterocycles. The number of aromatic nitrogens is 6. The van der Waals surface area contributed by atoms with Crippen LogP contribution in [0.5, 0.6) is 5.88 Å². The Balaban J connectivity index is 1.41. The molecule has 1 saturated carbocycles. The SMILES string of the molecule is CCc1cc(NC(=O)C(COC2CCC2)Oc2ncnc3c2cnn3-c2ncccc2Cl)ncc1C. The zero-order valence-corrected chi connectivity index (χ0v) is 20.8. The summed E-state index contributed by atoms with van der Waals surface area (Å²) in [6.07, 6.45) is 9.37. The maximum absolute atomic E-state index is 13.3. The van der Waals surface area contributed by atoms with E-state index < -0.39 is 6.10 Å². The largest absolute Gasteiger partial charge is 0.461 e. The van der Waals surface area contributed by atoms with Crippen molar-refractivity contribution in [2.45, 2.75) is 51.7 Å². The number of ether oxygens (including phenoxy) is 2. The number of hydrogen-bond acceptors (Lipinski definition) is 8. The van der Waals surface area contributed by atoms with E-state index in [2.05, 4.69) is 37.3 Å². The second kappa shape index (κ2) is 10.5. The van der Waals surface area contributed by atoms with Crippen molar-refractivity contribution in [1.82, 2.24) is 29.7 Å². The normalized spacial score (nSPS) is 14.4.